The Hall–Kier alpha value is -1.73. The van der Waals surface area contributed by atoms with Crippen LogP contribution in [-0.4, -0.2) is 193 Å². The minimum Gasteiger partial charge on any atom is -0.394 e. The highest BCUT2D eigenvalue weighted by atomic mass is 16.8. The highest BCUT2D eigenvalue weighted by molar-refractivity contribution is 5.76. The predicted octanol–water partition coefficient (Wildman–Crippen LogP) is 7.10. The molecule has 17 atom stereocenters. The molecule has 0 bridgehead atoms. The van der Waals surface area contributed by atoms with E-state index in [-0.39, 0.29) is 18.9 Å². The first-order valence-corrected chi connectivity index (χ1v) is 32.6. The Morgan fingerprint density at radius 2 is 0.780 bits per heavy atom. The van der Waals surface area contributed by atoms with Gasteiger partial charge in [0.1, 0.15) is 73.2 Å². The molecule has 19 nitrogen and oxygen atoms in total. The molecule has 3 aliphatic heterocycles. The molecule has 3 saturated heterocycles. The normalized spacial score (nSPS) is 29.7. The molecular formula is C63H117NO18. The summed E-state index contributed by atoms with van der Waals surface area (Å²) in [5.74, 6) is -0.286. The first-order chi connectivity index (χ1) is 39.8. The molecule has 19 heteroatoms. The van der Waals surface area contributed by atoms with Crippen molar-refractivity contribution in [2.75, 3.05) is 26.4 Å². The summed E-state index contributed by atoms with van der Waals surface area (Å²) < 4.78 is 34.2. The topological polar surface area (TPSA) is 307 Å². The number of unbranched alkanes of at least 4 members (excludes halogenated alkanes) is 31. The molecule has 0 spiro atoms. The maximum Gasteiger partial charge on any atom is 0.220 e. The van der Waals surface area contributed by atoms with Crippen molar-refractivity contribution in [1.29, 1.82) is 0 Å². The zero-order valence-corrected chi connectivity index (χ0v) is 50.5. The molecule has 3 fully saturated rings. The molecular weight excluding hydrogens is 1060 g/mol. The lowest BCUT2D eigenvalue weighted by molar-refractivity contribution is -0.379. The highest BCUT2D eigenvalue weighted by Gasteiger charge is 2.53. The van der Waals surface area contributed by atoms with Crippen LogP contribution >= 0.6 is 0 Å². The number of rotatable bonds is 49. The number of amides is 1. The van der Waals surface area contributed by atoms with E-state index in [0.717, 1.165) is 38.5 Å². The lowest BCUT2D eigenvalue weighted by Crippen LogP contribution is -2.66. The molecule has 0 saturated carbocycles. The van der Waals surface area contributed by atoms with E-state index in [1.54, 1.807) is 6.08 Å². The standard InChI is InChI=1S/C63H117NO18/c1-3-5-7-9-11-13-15-16-17-18-19-20-21-22-23-24-25-26-27-28-29-30-31-32-34-36-38-40-47(68)46(64-51(69)41-39-37-35-33-14-12-10-8-6-4-2)45-77-61-57(75)54(72)59(49(43-66)79-61)82-63-58(76)55(73)60(50(44-67)80-63)81-62-56(74)53(71)52(70)48(42-65)78-62/h31-32,38,40,46-50,52-63,65-68,70-76H,3-30,33-37,39,41-45H2,1-2H3,(H,64,69)/b32-31+,40-38+. The van der Waals surface area contributed by atoms with Crippen molar-refractivity contribution in [3.8, 4) is 0 Å². The zero-order chi connectivity index (χ0) is 59.7. The second kappa shape index (κ2) is 46.4. The van der Waals surface area contributed by atoms with Crippen LogP contribution in [-0.2, 0) is 33.2 Å². The van der Waals surface area contributed by atoms with E-state index >= 15 is 0 Å². The first kappa shape index (κ1) is 74.5. The maximum absolute atomic E-state index is 13.3. The highest BCUT2D eigenvalue weighted by Crippen LogP contribution is 2.33. The molecule has 17 unspecified atom stereocenters. The van der Waals surface area contributed by atoms with Gasteiger partial charge in [-0.2, -0.15) is 0 Å². The number of aliphatic hydroxyl groups excluding tert-OH is 11. The van der Waals surface area contributed by atoms with Crippen LogP contribution in [0.4, 0.5) is 0 Å². The van der Waals surface area contributed by atoms with Crippen molar-refractivity contribution in [1.82, 2.24) is 5.32 Å². The third-order valence-electron chi connectivity index (χ3n) is 16.5. The second-order valence-electron chi connectivity index (χ2n) is 23.6. The van der Waals surface area contributed by atoms with Gasteiger partial charge in [-0.25, -0.2) is 0 Å². The average molecular weight is 1180 g/mol. The summed E-state index contributed by atoms with van der Waals surface area (Å²) >= 11 is 0. The van der Waals surface area contributed by atoms with Crippen LogP contribution in [0.5, 0.6) is 0 Å². The van der Waals surface area contributed by atoms with Crippen molar-refractivity contribution in [3.05, 3.63) is 24.3 Å². The van der Waals surface area contributed by atoms with E-state index in [1.807, 2.05) is 6.08 Å². The summed E-state index contributed by atoms with van der Waals surface area (Å²) in [6, 6.07) is -0.984. The quantitative estimate of drug-likeness (QED) is 0.0213. The first-order valence-electron chi connectivity index (χ1n) is 32.6. The number of nitrogens with one attached hydrogen (secondary N) is 1. The van der Waals surface area contributed by atoms with E-state index in [4.69, 9.17) is 28.4 Å². The van der Waals surface area contributed by atoms with Crippen LogP contribution in [0.3, 0.4) is 0 Å². The van der Waals surface area contributed by atoms with Gasteiger partial charge < -0.3 is 89.9 Å². The van der Waals surface area contributed by atoms with Crippen LogP contribution in [0.25, 0.3) is 0 Å². The molecule has 3 aliphatic rings. The van der Waals surface area contributed by atoms with Crippen molar-refractivity contribution in [2.45, 2.75) is 343 Å². The lowest BCUT2D eigenvalue weighted by atomic mass is 9.96. The molecule has 0 radical (unpaired) electrons. The second-order valence-corrected chi connectivity index (χ2v) is 23.6. The van der Waals surface area contributed by atoms with Gasteiger partial charge in [0, 0.05) is 6.42 Å². The minimum absolute atomic E-state index is 0.238. The molecule has 0 aromatic heterocycles. The van der Waals surface area contributed by atoms with Crippen LogP contribution in [0, 0.1) is 0 Å². The van der Waals surface area contributed by atoms with Crippen LogP contribution in [0.15, 0.2) is 24.3 Å². The van der Waals surface area contributed by atoms with Crippen molar-refractivity contribution in [2.24, 2.45) is 0 Å². The van der Waals surface area contributed by atoms with Gasteiger partial charge in [-0.3, -0.25) is 4.79 Å². The number of carbonyl (C=O) groups is 1. The predicted molar refractivity (Wildman–Crippen MR) is 314 cm³/mol. The molecule has 0 aromatic carbocycles. The zero-order valence-electron chi connectivity index (χ0n) is 50.5. The summed E-state index contributed by atoms with van der Waals surface area (Å²) in [5, 5.41) is 120. The van der Waals surface area contributed by atoms with Crippen LogP contribution in [0.1, 0.15) is 239 Å². The molecule has 1 amide bonds. The largest absolute Gasteiger partial charge is 0.394 e. The molecule has 12 N–H and O–H groups in total. The van der Waals surface area contributed by atoms with E-state index in [1.165, 1.54) is 167 Å². The minimum atomic E-state index is -1.98. The average Bonchev–Trinajstić information content (AvgIpc) is 3.60. The summed E-state index contributed by atoms with van der Waals surface area (Å²) in [6.07, 6.45) is 23.4. The van der Waals surface area contributed by atoms with Gasteiger partial charge in [-0.05, 0) is 32.1 Å². The van der Waals surface area contributed by atoms with E-state index in [2.05, 4.69) is 31.3 Å². The molecule has 0 aromatic rings. The fourth-order valence-corrected chi connectivity index (χ4v) is 11.1. The molecule has 482 valence electrons. The number of hydrogen-bond acceptors (Lipinski definition) is 18. The van der Waals surface area contributed by atoms with Crippen molar-refractivity contribution >= 4 is 5.91 Å². The number of ether oxygens (including phenoxy) is 6. The number of hydrogen-bond donors (Lipinski definition) is 12. The number of aliphatic hydroxyl groups is 11. The maximum atomic E-state index is 13.3. The third kappa shape index (κ3) is 29.3. The Morgan fingerprint density at radius 1 is 0.427 bits per heavy atom. The van der Waals surface area contributed by atoms with Crippen LogP contribution in [0.2, 0.25) is 0 Å². The Bertz CT molecular complexity index is 1590. The van der Waals surface area contributed by atoms with Crippen molar-refractivity contribution in [3.63, 3.8) is 0 Å². The molecule has 3 rings (SSSR count). The molecule has 0 aliphatic carbocycles. The van der Waals surface area contributed by atoms with Crippen LogP contribution < -0.4 is 5.32 Å². The summed E-state index contributed by atoms with van der Waals surface area (Å²) in [5.41, 5.74) is 0. The van der Waals surface area contributed by atoms with Gasteiger partial charge in [0.05, 0.1) is 38.6 Å². The van der Waals surface area contributed by atoms with Gasteiger partial charge in [0.15, 0.2) is 18.9 Å². The van der Waals surface area contributed by atoms with Crippen molar-refractivity contribution < 1.29 is 89.4 Å². The summed E-state index contributed by atoms with van der Waals surface area (Å²) in [7, 11) is 0. The smallest absolute Gasteiger partial charge is 0.220 e. The summed E-state index contributed by atoms with van der Waals surface area (Å²) in [4.78, 5) is 13.3. The van der Waals surface area contributed by atoms with Gasteiger partial charge >= 0.3 is 0 Å². The third-order valence-corrected chi connectivity index (χ3v) is 16.5. The Kier molecular flexibility index (Phi) is 42.2. The Morgan fingerprint density at radius 3 is 1.22 bits per heavy atom. The fourth-order valence-electron chi connectivity index (χ4n) is 11.1. The van der Waals surface area contributed by atoms with Gasteiger partial charge in [0.25, 0.3) is 0 Å². The fraction of sp³-hybridized carbons (Fsp3) is 0.921. The van der Waals surface area contributed by atoms with E-state index in [0.29, 0.717) is 12.8 Å². The van der Waals surface area contributed by atoms with Gasteiger partial charge in [-0.1, -0.05) is 224 Å². The number of allylic oxidation sites excluding steroid dienone is 3. The van der Waals surface area contributed by atoms with Gasteiger partial charge in [-0.15, -0.1) is 0 Å². The Balaban J connectivity index is 1.43. The van der Waals surface area contributed by atoms with E-state index < -0.39 is 124 Å². The molecule has 82 heavy (non-hydrogen) atoms. The monoisotopic (exact) mass is 1180 g/mol. The van der Waals surface area contributed by atoms with Gasteiger partial charge in [0.2, 0.25) is 5.91 Å². The van der Waals surface area contributed by atoms with E-state index in [9.17, 15) is 61.0 Å². The SMILES string of the molecule is CCCCCCCCCCCCCCCCCCCCCCC/C=C/CC/C=C/C(O)C(COC1OC(CO)C(OC2OC(CO)C(OC3OC(CO)C(O)C(O)C3O)C(O)C2O)C(O)C1O)NC(=O)CCCCCCCCCCCC. The number of carbonyl (C=O) groups excluding carboxylic acids is 1. The summed E-state index contributed by atoms with van der Waals surface area (Å²) in [6.45, 7) is 1.70. The Labute approximate surface area is 492 Å². The molecule has 3 heterocycles. The lowest BCUT2D eigenvalue weighted by Gasteiger charge is -2.48.